The molecular formula is C24H29N3O2. The molecule has 1 saturated heterocycles. The molecule has 29 heavy (non-hydrogen) atoms. The van der Waals surface area contributed by atoms with Gasteiger partial charge in [0.1, 0.15) is 5.58 Å². The molecule has 0 aliphatic carbocycles. The monoisotopic (exact) mass is 391 g/mol. The molecule has 4 rings (SSSR count). The Kier molecular flexibility index (Phi) is 5.58. The summed E-state index contributed by atoms with van der Waals surface area (Å²) in [5.41, 5.74) is 6.10. The lowest BCUT2D eigenvalue weighted by atomic mass is 10.0. The predicted molar refractivity (Wildman–Crippen MR) is 119 cm³/mol. The van der Waals surface area contributed by atoms with Crippen molar-refractivity contribution in [2.75, 3.05) is 42.9 Å². The van der Waals surface area contributed by atoms with Crippen LogP contribution in [0.1, 0.15) is 23.6 Å². The molecule has 2 heterocycles. The molecule has 5 nitrogen and oxygen atoms in total. The number of rotatable bonds is 5. The summed E-state index contributed by atoms with van der Waals surface area (Å²) < 4.78 is 5.76. The number of benzene rings is 2. The van der Waals surface area contributed by atoms with Gasteiger partial charge in [-0.2, -0.15) is 0 Å². The molecule has 1 aromatic heterocycles. The van der Waals surface area contributed by atoms with Gasteiger partial charge in [0.15, 0.2) is 0 Å². The summed E-state index contributed by atoms with van der Waals surface area (Å²) in [5, 5.41) is 4.15. The zero-order valence-corrected chi connectivity index (χ0v) is 17.5. The van der Waals surface area contributed by atoms with E-state index in [9.17, 15) is 4.79 Å². The topological polar surface area (TPSA) is 48.7 Å². The Bertz CT molecular complexity index is 1020. The Morgan fingerprint density at radius 2 is 1.83 bits per heavy atom. The van der Waals surface area contributed by atoms with E-state index >= 15 is 0 Å². The molecule has 152 valence electrons. The predicted octanol–water partition coefficient (Wildman–Crippen LogP) is 4.37. The largest absolute Gasteiger partial charge is 0.464 e. The van der Waals surface area contributed by atoms with Gasteiger partial charge in [-0.15, -0.1) is 0 Å². The minimum absolute atomic E-state index is 0.0226. The average Bonchev–Trinajstić information content (AvgIpc) is 3.14. The van der Waals surface area contributed by atoms with Crippen LogP contribution in [0.5, 0.6) is 0 Å². The molecule has 0 spiro atoms. The van der Waals surface area contributed by atoms with Crippen molar-refractivity contribution in [1.29, 1.82) is 0 Å². The van der Waals surface area contributed by atoms with Crippen LogP contribution >= 0.6 is 0 Å². The number of likely N-dealkylation sites (N-methyl/N-ethyl adjacent to an activating group) is 1. The van der Waals surface area contributed by atoms with E-state index in [1.807, 2.05) is 24.3 Å². The Morgan fingerprint density at radius 1 is 1.07 bits per heavy atom. The van der Waals surface area contributed by atoms with E-state index in [-0.39, 0.29) is 5.91 Å². The molecule has 1 N–H and O–H groups in total. The van der Waals surface area contributed by atoms with E-state index in [2.05, 4.69) is 48.0 Å². The summed E-state index contributed by atoms with van der Waals surface area (Å²) >= 11 is 0. The van der Waals surface area contributed by atoms with Gasteiger partial charge < -0.3 is 19.5 Å². The highest BCUT2D eigenvalue weighted by molar-refractivity contribution is 5.98. The second kappa shape index (κ2) is 8.29. The minimum atomic E-state index is -0.0226. The molecule has 0 bridgehead atoms. The molecule has 1 aliphatic heterocycles. The number of anilines is 2. The van der Waals surface area contributed by atoms with Crippen LogP contribution in [0.2, 0.25) is 0 Å². The first-order valence-electron chi connectivity index (χ1n) is 10.4. The second-order valence-corrected chi connectivity index (χ2v) is 7.81. The van der Waals surface area contributed by atoms with E-state index in [0.717, 1.165) is 66.2 Å². The summed E-state index contributed by atoms with van der Waals surface area (Å²) in [5.74, 6) is -0.0226. The number of para-hydroxylation sites is 2. The van der Waals surface area contributed by atoms with Crippen LogP contribution in [0, 0.1) is 13.8 Å². The Labute approximate surface area is 172 Å². The van der Waals surface area contributed by atoms with Gasteiger partial charge in [-0.1, -0.05) is 31.2 Å². The number of aryl methyl sites for hydroxylation is 2. The SMILES string of the molecule is CCN1CCN(c2ccccc2NC(=O)Cc2coc3c(C)c(C)ccc23)CC1. The molecule has 2 aromatic carbocycles. The third-order valence-corrected chi connectivity index (χ3v) is 6.03. The summed E-state index contributed by atoms with van der Waals surface area (Å²) in [6.07, 6.45) is 2.01. The first-order valence-corrected chi connectivity index (χ1v) is 10.4. The smallest absolute Gasteiger partial charge is 0.228 e. The van der Waals surface area contributed by atoms with Gasteiger partial charge in [0, 0.05) is 37.1 Å². The van der Waals surface area contributed by atoms with Crippen LogP contribution < -0.4 is 10.2 Å². The number of carbonyl (C=O) groups excluding carboxylic acids is 1. The van der Waals surface area contributed by atoms with Crippen molar-refractivity contribution in [2.24, 2.45) is 0 Å². The van der Waals surface area contributed by atoms with Crippen LogP contribution in [-0.4, -0.2) is 43.5 Å². The average molecular weight is 392 g/mol. The maximum Gasteiger partial charge on any atom is 0.228 e. The Hall–Kier alpha value is -2.79. The van der Waals surface area contributed by atoms with Crippen LogP contribution in [0.4, 0.5) is 11.4 Å². The van der Waals surface area contributed by atoms with Gasteiger partial charge in [0.05, 0.1) is 24.1 Å². The lowest BCUT2D eigenvalue weighted by Gasteiger charge is -2.36. The fourth-order valence-electron chi connectivity index (χ4n) is 4.05. The molecule has 0 unspecified atom stereocenters. The van der Waals surface area contributed by atoms with Crippen molar-refractivity contribution in [3.8, 4) is 0 Å². The van der Waals surface area contributed by atoms with Crippen molar-refractivity contribution >= 4 is 28.3 Å². The van der Waals surface area contributed by atoms with Gasteiger partial charge in [0.2, 0.25) is 5.91 Å². The molecule has 1 aliphatic rings. The number of nitrogens with one attached hydrogen (secondary N) is 1. The summed E-state index contributed by atoms with van der Waals surface area (Å²) in [4.78, 5) is 17.6. The van der Waals surface area contributed by atoms with Crippen molar-refractivity contribution < 1.29 is 9.21 Å². The molecule has 5 heteroatoms. The number of amides is 1. The Balaban J connectivity index is 1.49. The van der Waals surface area contributed by atoms with Crippen molar-refractivity contribution in [3.05, 3.63) is 59.4 Å². The number of nitrogens with zero attached hydrogens (tertiary/aromatic N) is 2. The normalized spacial score (nSPS) is 15.1. The first-order chi connectivity index (χ1) is 14.1. The van der Waals surface area contributed by atoms with Gasteiger partial charge in [-0.3, -0.25) is 4.79 Å². The molecule has 1 amide bonds. The zero-order valence-electron chi connectivity index (χ0n) is 17.5. The molecule has 0 radical (unpaired) electrons. The standard InChI is InChI=1S/C24H29N3O2/c1-4-26-11-13-27(14-12-26)22-8-6-5-7-21(22)25-23(28)15-19-16-29-24-18(3)17(2)9-10-20(19)24/h5-10,16H,4,11-15H2,1-3H3,(H,25,28). The molecule has 3 aromatic rings. The maximum absolute atomic E-state index is 12.8. The van der Waals surface area contributed by atoms with Gasteiger partial charge in [-0.25, -0.2) is 0 Å². The van der Waals surface area contributed by atoms with Crippen molar-refractivity contribution in [2.45, 2.75) is 27.2 Å². The van der Waals surface area contributed by atoms with Crippen LogP contribution in [-0.2, 0) is 11.2 Å². The number of hydrogen-bond donors (Lipinski definition) is 1. The van der Waals surface area contributed by atoms with Gasteiger partial charge in [-0.05, 0) is 43.7 Å². The number of furan rings is 1. The lowest BCUT2D eigenvalue weighted by molar-refractivity contribution is -0.115. The maximum atomic E-state index is 12.8. The van der Waals surface area contributed by atoms with E-state index in [1.54, 1.807) is 6.26 Å². The van der Waals surface area contributed by atoms with Gasteiger partial charge >= 0.3 is 0 Å². The second-order valence-electron chi connectivity index (χ2n) is 7.81. The van der Waals surface area contributed by atoms with E-state index in [1.165, 1.54) is 5.56 Å². The van der Waals surface area contributed by atoms with Crippen LogP contribution in [0.3, 0.4) is 0 Å². The van der Waals surface area contributed by atoms with E-state index in [0.29, 0.717) is 6.42 Å². The van der Waals surface area contributed by atoms with Crippen LogP contribution in [0.15, 0.2) is 47.1 Å². The minimum Gasteiger partial charge on any atom is -0.464 e. The fraction of sp³-hybridized carbons (Fsp3) is 0.375. The number of piperazine rings is 1. The first kappa shape index (κ1) is 19.5. The number of hydrogen-bond acceptors (Lipinski definition) is 4. The lowest BCUT2D eigenvalue weighted by Crippen LogP contribution is -2.46. The van der Waals surface area contributed by atoms with Crippen LogP contribution in [0.25, 0.3) is 11.0 Å². The molecule has 0 atom stereocenters. The fourth-order valence-corrected chi connectivity index (χ4v) is 4.05. The molecule has 1 fully saturated rings. The number of carbonyl (C=O) groups is 1. The number of fused-ring (bicyclic) bond motifs is 1. The van der Waals surface area contributed by atoms with Crippen molar-refractivity contribution in [1.82, 2.24) is 4.90 Å². The highest BCUT2D eigenvalue weighted by Crippen LogP contribution is 2.29. The Morgan fingerprint density at radius 3 is 2.59 bits per heavy atom. The summed E-state index contributed by atoms with van der Waals surface area (Å²) in [7, 11) is 0. The summed E-state index contributed by atoms with van der Waals surface area (Å²) in [6, 6.07) is 12.2. The highest BCUT2D eigenvalue weighted by Gasteiger charge is 2.19. The van der Waals surface area contributed by atoms with Crippen molar-refractivity contribution in [3.63, 3.8) is 0 Å². The van der Waals surface area contributed by atoms with E-state index in [4.69, 9.17) is 4.42 Å². The van der Waals surface area contributed by atoms with Gasteiger partial charge in [0.25, 0.3) is 0 Å². The molecule has 0 saturated carbocycles. The quantitative estimate of drug-likeness (QED) is 0.702. The zero-order chi connectivity index (χ0) is 20.4. The third-order valence-electron chi connectivity index (χ3n) is 6.03. The summed E-state index contributed by atoms with van der Waals surface area (Å²) in [6.45, 7) is 11.5. The molecular weight excluding hydrogens is 362 g/mol. The van der Waals surface area contributed by atoms with E-state index < -0.39 is 0 Å². The highest BCUT2D eigenvalue weighted by atomic mass is 16.3. The third kappa shape index (κ3) is 4.01.